The topological polar surface area (TPSA) is 63.9 Å². The van der Waals surface area contributed by atoms with E-state index < -0.39 is 11.8 Å². The maximum Gasteiger partial charge on any atom is 0.123 e. The molecule has 0 radical (unpaired) electrons. The van der Waals surface area contributed by atoms with Crippen LogP contribution in [0, 0.1) is 39.9 Å². The Hall–Kier alpha value is -0.420. The monoisotopic (exact) mass is 329 g/mol. The molecule has 9 bridgehead atoms. The lowest BCUT2D eigenvalue weighted by Crippen LogP contribution is -2.71. The molecule has 3 unspecified atom stereocenters. The van der Waals surface area contributed by atoms with Gasteiger partial charge in [-0.05, 0) is 48.0 Å². The molecule has 0 aromatic rings. The van der Waals surface area contributed by atoms with E-state index in [-0.39, 0.29) is 40.1 Å². The van der Waals surface area contributed by atoms with Crippen molar-refractivity contribution in [1.29, 1.82) is 0 Å². The van der Waals surface area contributed by atoms with Gasteiger partial charge in [0.1, 0.15) is 5.72 Å². The molecule has 3 N–H and O–H groups in total. The van der Waals surface area contributed by atoms with E-state index >= 15 is 0 Å². The summed E-state index contributed by atoms with van der Waals surface area (Å²) in [7, 11) is 0. The lowest BCUT2D eigenvalue weighted by Gasteiger charge is -2.67. The van der Waals surface area contributed by atoms with Gasteiger partial charge in [-0.1, -0.05) is 19.9 Å². The number of hydrogen-bond acceptors (Lipinski definition) is 4. The molecule has 0 aromatic carbocycles. The third kappa shape index (κ3) is 0.903. The van der Waals surface area contributed by atoms with Crippen LogP contribution in [0.4, 0.5) is 0 Å². The molecule has 4 heteroatoms. The van der Waals surface area contributed by atoms with Crippen LogP contribution in [0.2, 0.25) is 0 Å². The summed E-state index contributed by atoms with van der Waals surface area (Å²) < 4.78 is 0. The number of nitrogens with zero attached hydrogens (tertiary/aromatic N) is 1. The first-order valence-corrected chi connectivity index (χ1v) is 9.86. The first-order chi connectivity index (χ1) is 11.3. The highest BCUT2D eigenvalue weighted by atomic mass is 16.3. The smallest absolute Gasteiger partial charge is 0.123 e. The zero-order valence-corrected chi connectivity index (χ0v) is 14.3. The van der Waals surface area contributed by atoms with Crippen LogP contribution in [0.5, 0.6) is 0 Å². The van der Waals surface area contributed by atoms with Gasteiger partial charge in [0.2, 0.25) is 0 Å². The van der Waals surface area contributed by atoms with Crippen molar-refractivity contribution < 1.29 is 15.3 Å². The van der Waals surface area contributed by atoms with Crippen LogP contribution >= 0.6 is 0 Å². The SMILES string of the molecule is C=C1[C@H]2C[C@@H]3C4N5C[C@]6(C)CCC[C@]47[C@H]([C@H]2O)C3(C[C@@]5(O)[C@H]67)[C@@H]1O. The molecule has 9 aliphatic rings. The second kappa shape index (κ2) is 3.28. The van der Waals surface area contributed by atoms with Crippen LogP contribution in [0.1, 0.15) is 39.0 Å². The molecule has 24 heavy (non-hydrogen) atoms. The van der Waals surface area contributed by atoms with Gasteiger partial charge in [0.05, 0.1) is 12.2 Å². The Labute approximate surface area is 142 Å². The molecule has 3 heterocycles. The van der Waals surface area contributed by atoms with E-state index in [0.717, 1.165) is 25.0 Å². The quantitative estimate of drug-likeness (QED) is 0.583. The van der Waals surface area contributed by atoms with Crippen LogP contribution in [0.15, 0.2) is 12.2 Å². The Balaban J connectivity index is 1.57. The summed E-state index contributed by atoms with van der Waals surface area (Å²) >= 11 is 0. The lowest BCUT2D eigenvalue weighted by atomic mass is 9.39. The highest BCUT2D eigenvalue weighted by Crippen LogP contribution is 2.88. The van der Waals surface area contributed by atoms with Crippen molar-refractivity contribution in [2.45, 2.75) is 63.0 Å². The molecule has 6 saturated carbocycles. The maximum absolute atomic E-state index is 11.9. The molecule has 4 nitrogen and oxygen atoms in total. The molecule has 12 atom stereocenters. The van der Waals surface area contributed by atoms with Gasteiger partial charge in [0, 0.05) is 35.8 Å². The predicted octanol–water partition coefficient (Wildman–Crippen LogP) is 1.11. The number of aliphatic hydroxyl groups is 3. The molecule has 0 amide bonds. The fourth-order valence-corrected chi connectivity index (χ4v) is 10.6. The van der Waals surface area contributed by atoms with Gasteiger partial charge >= 0.3 is 0 Å². The zero-order chi connectivity index (χ0) is 16.4. The van der Waals surface area contributed by atoms with Crippen LogP contribution in [-0.2, 0) is 0 Å². The summed E-state index contributed by atoms with van der Waals surface area (Å²) in [6.45, 7) is 7.56. The van der Waals surface area contributed by atoms with Crippen LogP contribution in [0.25, 0.3) is 0 Å². The minimum Gasteiger partial charge on any atom is -0.392 e. The fraction of sp³-hybridized carbons (Fsp3) is 0.900. The molecular weight excluding hydrogens is 302 g/mol. The third-order valence-corrected chi connectivity index (χ3v) is 10.4. The van der Waals surface area contributed by atoms with Crippen molar-refractivity contribution in [3.63, 3.8) is 0 Å². The van der Waals surface area contributed by atoms with Crippen molar-refractivity contribution in [3.05, 3.63) is 12.2 Å². The second-order valence-corrected chi connectivity index (χ2v) is 10.7. The molecule has 3 aliphatic heterocycles. The Morgan fingerprint density at radius 3 is 2.79 bits per heavy atom. The summed E-state index contributed by atoms with van der Waals surface area (Å²) in [6.07, 6.45) is 4.26. The van der Waals surface area contributed by atoms with E-state index in [9.17, 15) is 15.3 Å². The summed E-state index contributed by atoms with van der Waals surface area (Å²) in [5.74, 6) is 0.946. The average molecular weight is 329 g/mol. The minimum absolute atomic E-state index is 0.0266. The molecular formula is C20H27NO3. The summed E-state index contributed by atoms with van der Waals surface area (Å²) in [6, 6.07) is 0.377. The van der Waals surface area contributed by atoms with E-state index in [1.54, 1.807) is 0 Å². The summed E-state index contributed by atoms with van der Waals surface area (Å²) in [5.41, 5.74) is -0.0153. The normalized spacial score (nSPS) is 76.1. The summed E-state index contributed by atoms with van der Waals surface area (Å²) in [5, 5.41) is 34.4. The molecule has 9 rings (SSSR count). The molecule has 2 spiro atoms. The largest absolute Gasteiger partial charge is 0.392 e. The molecule has 0 aromatic heterocycles. The van der Waals surface area contributed by atoms with Gasteiger partial charge in [-0.15, -0.1) is 0 Å². The number of piperidine rings is 2. The van der Waals surface area contributed by atoms with E-state index in [1.807, 2.05) is 0 Å². The van der Waals surface area contributed by atoms with Crippen molar-refractivity contribution in [2.75, 3.05) is 6.54 Å². The van der Waals surface area contributed by atoms with Crippen LogP contribution in [0.3, 0.4) is 0 Å². The Kier molecular flexibility index (Phi) is 1.88. The first kappa shape index (κ1) is 13.7. The van der Waals surface area contributed by atoms with Crippen molar-refractivity contribution in [3.8, 4) is 0 Å². The van der Waals surface area contributed by atoms with Crippen molar-refractivity contribution in [1.82, 2.24) is 4.90 Å². The van der Waals surface area contributed by atoms with Crippen molar-refractivity contribution >= 4 is 0 Å². The van der Waals surface area contributed by atoms with Gasteiger partial charge in [0.25, 0.3) is 0 Å². The Bertz CT molecular complexity index is 724. The van der Waals surface area contributed by atoms with E-state index in [2.05, 4.69) is 18.4 Å². The highest BCUT2D eigenvalue weighted by molar-refractivity contribution is 5.45. The van der Waals surface area contributed by atoms with Gasteiger partial charge in [-0.3, -0.25) is 4.90 Å². The minimum atomic E-state index is -0.752. The van der Waals surface area contributed by atoms with E-state index in [0.29, 0.717) is 18.4 Å². The first-order valence-electron chi connectivity index (χ1n) is 9.86. The second-order valence-electron chi connectivity index (χ2n) is 10.7. The Morgan fingerprint density at radius 1 is 1.21 bits per heavy atom. The number of rotatable bonds is 0. The predicted molar refractivity (Wildman–Crippen MR) is 86.6 cm³/mol. The van der Waals surface area contributed by atoms with E-state index in [4.69, 9.17) is 0 Å². The fourth-order valence-electron chi connectivity index (χ4n) is 10.6. The lowest BCUT2D eigenvalue weighted by molar-refractivity contribution is -0.272. The van der Waals surface area contributed by atoms with Gasteiger partial charge < -0.3 is 15.3 Å². The summed E-state index contributed by atoms with van der Waals surface area (Å²) in [4.78, 5) is 2.45. The maximum atomic E-state index is 11.9. The van der Waals surface area contributed by atoms with E-state index in [1.165, 1.54) is 12.8 Å². The number of aliphatic hydroxyl groups excluding tert-OH is 2. The molecule has 9 fully saturated rings. The Morgan fingerprint density at radius 2 is 2.00 bits per heavy atom. The standard InChI is InChI=1S/C20H27NO3/c1-9-10-6-11-14-18-5-3-4-17(2)8-21(14)20(24,16(17)18)7-19(11,15(9)23)13(18)12(10)22/h10-16,22-24H,1,3-8H2,2H3/t10-,11-,12+,13+,14?,15-,16-,17+,18+,19?,20-/m1/s1. The molecule has 3 saturated heterocycles. The van der Waals surface area contributed by atoms with Crippen LogP contribution < -0.4 is 0 Å². The molecule has 130 valence electrons. The molecule has 6 aliphatic carbocycles. The van der Waals surface area contributed by atoms with Crippen molar-refractivity contribution in [2.24, 2.45) is 39.9 Å². The van der Waals surface area contributed by atoms with Gasteiger partial charge in [0.15, 0.2) is 0 Å². The number of fused-ring (bicyclic) bond motifs is 1. The average Bonchev–Trinajstić information content (AvgIpc) is 2.88. The highest BCUT2D eigenvalue weighted by Gasteiger charge is 2.93. The zero-order valence-electron chi connectivity index (χ0n) is 14.3. The van der Waals surface area contributed by atoms with Gasteiger partial charge in [-0.25, -0.2) is 0 Å². The van der Waals surface area contributed by atoms with Crippen LogP contribution in [-0.4, -0.2) is 50.7 Å². The number of hydrogen-bond donors (Lipinski definition) is 3. The van der Waals surface area contributed by atoms with Gasteiger partial charge in [-0.2, -0.15) is 0 Å². The third-order valence-electron chi connectivity index (χ3n) is 10.4.